The largest absolute Gasteiger partial charge is 0.497 e. The van der Waals surface area contributed by atoms with Crippen molar-refractivity contribution in [3.8, 4) is 5.75 Å². The predicted octanol–water partition coefficient (Wildman–Crippen LogP) is 4.30. The Morgan fingerprint density at radius 1 is 1.23 bits per heavy atom. The molecule has 1 N–H and O–H groups in total. The zero-order chi connectivity index (χ0) is 20.4. The lowest BCUT2D eigenvalue weighted by Crippen LogP contribution is -2.43. The first-order chi connectivity index (χ1) is 14.0. The highest BCUT2D eigenvalue weighted by Gasteiger charge is 2.28. The second-order valence-electron chi connectivity index (χ2n) is 8.19. The molecule has 2 heterocycles. The van der Waals surface area contributed by atoms with Gasteiger partial charge in [-0.3, -0.25) is 4.79 Å². The molecule has 0 radical (unpaired) electrons. The van der Waals surface area contributed by atoms with Crippen LogP contribution < -0.4 is 9.64 Å². The Bertz CT molecular complexity index is 1010. The molecule has 2 aromatic carbocycles. The van der Waals surface area contributed by atoms with Crippen LogP contribution in [0, 0.1) is 5.92 Å². The van der Waals surface area contributed by atoms with E-state index in [1.807, 2.05) is 35.4 Å². The van der Waals surface area contributed by atoms with Gasteiger partial charge in [-0.05, 0) is 68.2 Å². The third kappa shape index (κ3) is 4.63. The zero-order valence-corrected chi connectivity index (χ0v) is 18.7. The number of hydrogen-bond acceptors (Lipinski definition) is 3. The number of aromatic amines is 1. The molecule has 0 aliphatic carbocycles. The minimum atomic E-state index is 0. The van der Waals surface area contributed by atoms with Crippen LogP contribution in [0.5, 0.6) is 5.75 Å². The van der Waals surface area contributed by atoms with Gasteiger partial charge in [0.05, 0.1) is 7.11 Å². The average Bonchev–Trinajstić information content (AvgIpc) is 3.13. The monoisotopic (exact) mass is 427 g/mol. The van der Waals surface area contributed by atoms with Gasteiger partial charge in [0.1, 0.15) is 5.75 Å². The second kappa shape index (κ2) is 9.54. The fourth-order valence-electron chi connectivity index (χ4n) is 4.42. The van der Waals surface area contributed by atoms with E-state index in [2.05, 4.69) is 42.2 Å². The van der Waals surface area contributed by atoms with Crippen molar-refractivity contribution in [2.24, 2.45) is 5.92 Å². The summed E-state index contributed by atoms with van der Waals surface area (Å²) in [6.45, 7) is 1.77. The van der Waals surface area contributed by atoms with Crippen LogP contribution in [0.15, 0.2) is 48.7 Å². The van der Waals surface area contributed by atoms with E-state index in [1.54, 1.807) is 7.11 Å². The van der Waals surface area contributed by atoms with E-state index in [-0.39, 0.29) is 18.3 Å². The summed E-state index contributed by atoms with van der Waals surface area (Å²) >= 11 is 0. The predicted molar refractivity (Wildman–Crippen MR) is 125 cm³/mol. The number of H-pyrrole nitrogens is 1. The van der Waals surface area contributed by atoms with Crippen molar-refractivity contribution in [2.45, 2.75) is 19.3 Å². The summed E-state index contributed by atoms with van der Waals surface area (Å²) in [5.41, 5.74) is 4.58. The van der Waals surface area contributed by atoms with Gasteiger partial charge in [0, 0.05) is 42.3 Å². The van der Waals surface area contributed by atoms with Crippen LogP contribution in [0.2, 0.25) is 0 Å². The van der Waals surface area contributed by atoms with Gasteiger partial charge in [-0.15, -0.1) is 12.4 Å². The number of benzene rings is 2. The molecule has 0 bridgehead atoms. The van der Waals surface area contributed by atoms with Crippen molar-refractivity contribution < 1.29 is 9.53 Å². The number of hydrogen-bond donors (Lipinski definition) is 1. The van der Waals surface area contributed by atoms with E-state index in [9.17, 15) is 4.79 Å². The maximum absolute atomic E-state index is 13.2. The van der Waals surface area contributed by atoms with E-state index in [0.29, 0.717) is 18.8 Å². The zero-order valence-electron chi connectivity index (χ0n) is 17.9. The van der Waals surface area contributed by atoms with Crippen molar-refractivity contribution in [3.05, 3.63) is 59.8 Å². The molecule has 6 heteroatoms. The number of carbonyl (C=O) groups excluding carboxylic acids is 1. The van der Waals surface area contributed by atoms with Gasteiger partial charge < -0.3 is 19.5 Å². The number of para-hydroxylation sites is 1. The number of rotatable bonds is 6. The Kier molecular flexibility index (Phi) is 7.06. The maximum atomic E-state index is 13.2. The standard InChI is InChI=1S/C24H29N3O2.ClH/c1-26(2)15-17-12-18-6-4-5-7-23(18)27(16-17)24(28)11-8-19-14-25-22-10-9-20(29-3)13-21(19)22;/h4-7,9-10,13-14,17,25H,8,11-12,15-16H2,1-3H3;1H. The molecule has 0 saturated heterocycles. The van der Waals surface area contributed by atoms with E-state index in [4.69, 9.17) is 4.74 Å². The summed E-state index contributed by atoms with van der Waals surface area (Å²) in [7, 11) is 5.87. The summed E-state index contributed by atoms with van der Waals surface area (Å²) < 4.78 is 5.36. The first-order valence-corrected chi connectivity index (χ1v) is 10.2. The highest BCUT2D eigenvalue weighted by Crippen LogP contribution is 2.31. The minimum Gasteiger partial charge on any atom is -0.497 e. The van der Waals surface area contributed by atoms with Gasteiger partial charge in [-0.25, -0.2) is 0 Å². The Morgan fingerprint density at radius 3 is 2.80 bits per heavy atom. The molecule has 0 fully saturated rings. The Balaban J connectivity index is 0.00000256. The number of amides is 1. The lowest BCUT2D eigenvalue weighted by atomic mass is 9.91. The third-order valence-electron chi connectivity index (χ3n) is 5.74. The van der Waals surface area contributed by atoms with Crippen LogP contribution in [0.1, 0.15) is 17.5 Å². The molecule has 3 aromatic rings. The Labute approximate surface area is 184 Å². The van der Waals surface area contributed by atoms with Crippen LogP contribution in [0.3, 0.4) is 0 Å². The number of ether oxygens (including phenoxy) is 1. The number of anilines is 1. The molecule has 30 heavy (non-hydrogen) atoms. The Morgan fingerprint density at radius 2 is 2.03 bits per heavy atom. The Hall–Kier alpha value is -2.50. The van der Waals surface area contributed by atoms with Crippen LogP contribution in [-0.2, 0) is 17.6 Å². The molecular formula is C24H30ClN3O2. The summed E-state index contributed by atoms with van der Waals surface area (Å²) in [5.74, 6) is 1.49. The molecule has 160 valence electrons. The van der Waals surface area contributed by atoms with Gasteiger partial charge in [0.15, 0.2) is 0 Å². The van der Waals surface area contributed by atoms with Crippen LogP contribution in [0.25, 0.3) is 10.9 Å². The molecule has 1 amide bonds. The number of nitrogens with one attached hydrogen (secondary N) is 1. The number of carbonyl (C=O) groups is 1. The van der Waals surface area contributed by atoms with E-state index in [0.717, 1.165) is 47.4 Å². The molecule has 1 aliphatic heterocycles. The van der Waals surface area contributed by atoms with Gasteiger partial charge >= 0.3 is 0 Å². The smallest absolute Gasteiger partial charge is 0.227 e. The number of nitrogens with zero attached hydrogens (tertiary/aromatic N) is 2. The molecule has 1 unspecified atom stereocenters. The number of aryl methyl sites for hydroxylation is 1. The molecule has 0 spiro atoms. The van der Waals surface area contributed by atoms with Crippen molar-refractivity contribution in [2.75, 3.05) is 39.2 Å². The third-order valence-corrected chi connectivity index (χ3v) is 5.74. The highest BCUT2D eigenvalue weighted by atomic mass is 35.5. The normalized spacial score (nSPS) is 15.7. The van der Waals surface area contributed by atoms with E-state index in [1.165, 1.54) is 5.56 Å². The maximum Gasteiger partial charge on any atom is 0.227 e. The fraction of sp³-hybridized carbons (Fsp3) is 0.375. The summed E-state index contributed by atoms with van der Waals surface area (Å²) in [6.07, 6.45) is 4.24. The quantitative estimate of drug-likeness (QED) is 0.638. The highest BCUT2D eigenvalue weighted by molar-refractivity contribution is 5.95. The topological polar surface area (TPSA) is 48.6 Å². The molecule has 5 nitrogen and oxygen atoms in total. The number of methoxy groups -OCH3 is 1. The van der Waals surface area contributed by atoms with Gasteiger partial charge in [0.2, 0.25) is 5.91 Å². The number of aromatic nitrogens is 1. The SMILES string of the molecule is COc1ccc2[nH]cc(CCC(=O)N3CC(CN(C)C)Cc4ccccc43)c2c1.Cl. The fourth-order valence-corrected chi connectivity index (χ4v) is 4.42. The first-order valence-electron chi connectivity index (χ1n) is 10.2. The number of fused-ring (bicyclic) bond motifs is 2. The summed E-state index contributed by atoms with van der Waals surface area (Å²) in [6, 6.07) is 14.3. The van der Waals surface area contributed by atoms with Crippen molar-refractivity contribution in [3.63, 3.8) is 0 Å². The van der Waals surface area contributed by atoms with Crippen LogP contribution >= 0.6 is 12.4 Å². The summed E-state index contributed by atoms with van der Waals surface area (Å²) in [4.78, 5) is 20.7. The number of halogens is 1. The van der Waals surface area contributed by atoms with Crippen molar-refractivity contribution in [1.29, 1.82) is 0 Å². The molecule has 0 saturated carbocycles. The molecular weight excluding hydrogens is 398 g/mol. The molecule has 1 aliphatic rings. The average molecular weight is 428 g/mol. The van der Waals surface area contributed by atoms with Crippen LogP contribution in [0.4, 0.5) is 5.69 Å². The second-order valence-corrected chi connectivity index (χ2v) is 8.19. The van der Waals surface area contributed by atoms with E-state index < -0.39 is 0 Å². The van der Waals surface area contributed by atoms with E-state index >= 15 is 0 Å². The minimum absolute atomic E-state index is 0. The lowest BCUT2D eigenvalue weighted by Gasteiger charge is -2.36. The van der Waals surface area contributed by atoms with Gasteiger partial charge in [-0.2, -0.15) is 0 Å². The summed E-state index contributed by atoms with van der Waals surface area (Å²) in [5, 5.41) is 1.13. The van der Waals surface area contributed by atoms with Crippen LogP contribution in [-0.4, -0.2) is 50.1 Å². The molecule has 1 aromatic heterocycles. The van der Waals surface area contributed by atoms with Crippen molar-refractivity contribution >= 4 is 34.9 Å². The first kappa shape index (κ1) is 22.2. The van der Waals surface area contributed by atoms with Gasteiger partial charge in [-0.1, -0.05) is 18.2 Å². The molecule has 1 atom stereocenters. The van der Waals surface area contributed by atoms with Crippen molar-refractivity contribution in [1.82, 2.24) is 9.88 Å². The molecule has 4 rings (SSSR count). The van der Waals surface area contributed by atoms with Gasteiger partial charge in [0.25, 0.3) is 0 Å². The lowest BCUT2D eigenvalue weighted by molar-refractivity contribution is -0.118.